The van der Waals surface area contributed by atoms with Gasteiger partial charge in [-0.05, 0) is 36.6 Å². The number of hydrogen-bond donors (Lipinski definition) is 3. The molecule has 1 heterocycles. The fourth-order valence-corrected chi connectivity index (χ4v) is 2.30. The van der Waals surface area contributed by atoms with E-state index in [0.29, 0.717) is 18.4 Å². The summed E-state index contributed by atoms with van der Waals surface area (Å²) in [6.45, 7) is 2.77. The number of aromatic nitrogens is 3. The van der Waals surface area contributed by atoms with Crippen LogP contribution in [0.15, 0.2) is 29.3 Å². The molecule has 1 aliphatic rings. The highest BCUT2D eigenvalue weighted by Gasteiger charge is 2.33. The van der Waals surface area contributed by atoms with Gasteiger partial charge in [0.2, 0.25) is 0 Å². The van der Waals surface area contributed by atoms with E-state index in [1.54, 1.807) is 14.2 Å². The van der Waals surface area contributed by atoms with E-state index in [1.807, 2.05) is 24.3 Å². The maximum absolute atomic E-state index is 5.15. The lowest BCUT2D eigenvalue weighted by Crippen LogP contribution is -2.38. The summed E-state index contributed by atoms with van der Waals surface area (Å²) in [7, 11) is 3.42. The Morgan fingerprint density at radius 3 is 2.74 bits per heavy atom. The predicted molar refractivity (Wildman–Crippen MR) is 89.3 cm³/mol. The van der Waals surface area contributed by atoms with Crippen LogP contribution in [-0.2, 0) is 6.54 Å². The van der Waals surface area contributed by atoms with E-state index >= 15 is 0 Å². The number of H-pyrrole nitrogens is 1. The van der Waals surface area contributed by atoms with Crippen molar-refractivity contribution in [1.82, 2.24) is 25.8 Å². The molecule has 1 fully saturated rings. The van der Waals surface area contributed by atoms with Crippen LogP contribution >= 0.6 is 0 Å². The molecule has 2 atom stereocenters. The van der Waals surface area contributed by atoms with E-state index in [1.165, 1.54) is 6.42 Å². The molecule has 0 spiro atoms. The minimum Gasteiger partial charge on any atom is -0.497 e. The van der Waals surface area contributed by atoms with Gasteiger partial charge in [-0.2, -0.15) is 5.10 Å². The molecule has 2 aromatic rings. The Morgan fingerprint density at radius 2 is 2.13 bits per heavy atom. The van der Waals surface area contributed by atoms with Crippen molar-refractivity contribution in [3.8, 4) is 17.1 Å². The molecule has 0 aliphatic heterocycles. The third-order valence-electron chi connectivity index (χ3n) is 3.96. The van der Waals surface area contributed by atoms with Crippen LogP contribution in [0.3, 0.4) is 0 Å². The molecule has 1 aromatic carbocycles. The van der Waals surface area contributed by atoms with Crippen LogP contribution in [0.2, 0.25) is 0 Å². The molecule has 1 saturated carbocycles. The van der Waals surface area contributed by atoms with Gasteiger partial charge in [-0.15, -0.1) is 0 Å². The summed E-state index contributed by atoms with van der Waals surface area (Å²) in [5.74, 6) is 3.77. The summed E-state index contributed by atoms with van der Waals surface area (Å²) in [5, 5.41) is 13.8. The molecule has 23 heavy (non-hydrogen) atoms. The van der Waals surface area contributed by atoms with Gasteiger partial charge in [0.05, 0.1) is 13.7 Å². The highest BCUT2D eigenvalue weighted by molar-refractivity contribution is 5.80. The minimum atomic E-state index is 0.533. The average Bonchev–Trinajstić information content (AvgIpc) is 3.08. The van der Waals surface area contributed by atoms with Gasteiger partial charge in [0.15, 0.2) is 11.8 Å². The first kappa shape index (κ1) is 15.3. The van der Waals surface area contributed by atoms with Crippen LogP contribution in [-0.4, -0.2) is 41.3 Å². The van der Waals surface area contributed by atoms with Crippen molar-refractivity contribution in [2.45, 2.75) is 25.9 Å². The molecule has 7 heteroatoms. The van der Waals surface area contributed by atoms with E-state index in [4.69, 9.17) is 4.74 Å². The lowest BCUT2D eigenvalue weighted by molar-refractivity contribution is 0.415. The van der Waals surface area contributed by atoms with Gasteiger partial charge in [-0.25, -0.2) is 4.98 Å². The monoisotopic (exact) mass is 314 g/mol. The van der Waals surface area contributed by atoms with Gasteiger partial charge >= 0.3 is 0 Å². The summed E-state index contributed by atoms with van der Waals surface area (Å²) in [6, 6.07) is 8.20. The predicted octanol–water partition coefficient (Wildman–Crippen LogP) is 1.55. The smallest absolute Gasteiger partial charge is 0.191 e. The summed E-state index contributed by atoms with van der Waals surface area (Å²) < 4.78 is 5.15. The van der Waals surface area contributed by atoms with Gasteiger partial charge < -0.3 is 15.4 Å². The second kappa shape index (κ2) is 6.68. The largest absolute Gasteiger partial charge is 0.497 e. The SMILES string of the molecule is CN=C(NCc1nc(-c2ccc(OC)cc2)n[nH]1)NC1CC1C. The van der Waals surface area contributed by atoms with Crippen LogP contribution in [0.1, 0.15) is 19.2 Å². The number of benzene rings is 1. The molecule has 2 unspecified atom stereocenters. The quantitative estimate of drug-likeness (QED) is 0.576. The summed E-state index contributed by atoms with van der Waals surface area (Å²) in [6.07, 6.45) is 1.20. The number of methoxy groups -OCH3 is 1. The number of hydrogen-bond acceptors (Lipinski definition) is 4. The molecule has 3 N–H and O–H groups in total. The topological polar surface area (TPSA) is 87.2 Å². The zero-order chi connectivity index (χ0) is 16.2. The number of rotatable bonds is 5. The standard InChI is InChI=1S/C16H22N6O/c1-10-8-13(10)19-16(17-2)18-9-14-20-15(22-21-14)11-4-6-12(23-3)7-5-11/h4-7,10,13H,8-9H2,1-3H3,(H2,17,18,19)(H,20,21,22). The molecule has 1 aliphatic carbocycles. The Kier molecular flexibility index (Phi) is 4.45. The first-order valence-corrected chi connectivity index (χ1v) is 7.72. The summed E-state index contributed by atoms with van der Waals surface area (Å²) >= 11 is 0. The Hall–Kier alpha value is -2.57. The van der Waals surface area contributed by atoms with E-state index in [9.17, 15) is 0 Å². The van der Waals surface area contributed by atoms with Crippen molar-refractivity contribution in [2.75, 3.05) is 14.2 Å². The van der Waals surface area contributed by atoms with Gasteiger partial charge in [0.1, 0.15) is 11.6 Å². The highest BCUT2D eigenvalue weighted by atomic mass is 16.5. The first-order valence-electron chi connectivity index (χ1n) is 7.72. The molecule has 122 valence electrons. The summed E-state index contributed by atoms with van der Waals surface area (Å²) in [4.78, 5) is 8.72. The van der Waals surface area contributed by atoms with Crippen LogP contribution in [0.5, 0.6) is 5.75 Å². The molecule has 0 saturated heterocycles. The van der Waals surface area contributed by atoms with E-state index in [-0.39, 0.29) is 0 Å². The second-order valence-electron chi connectivity index (χ2n) is 5.72. The lowest BCUT2D eigenvalue weighted by Gasteiger charge is -2.09. The maximum Gasteiger partial charge on any atom is 0.191 e. The summed E-state index contributed by atoms with van der Waals surface area (Å²) in [5.41, 5.74) is 0.947. The van der Waals surface area contributed by atoms with Crippen molar-refractivity contribution >= 4 is 5.96 Å². The Labute approximate surface area is 135 Å². The number of guanidine groups is 1. The molecule has 1 aromatic heterocycles. The molecular formula is C16H22N6O. The Bertz CT molecular complexity index is 678. The van der Waals surface area contributed by atoms with Crippen molar-refractivity contribution < 1.29 is 4.74 Å². The van der Waals surface area contributed by atoms with Gasteiger partial charge in [-0.3, -0.25) is 10.1 Å². The Balaban J connectivity index is 1.58. The molecule has 0 bridgehead atoms. The number of aliphatic imine (C=N–C) groups is 1. The first-order chi connectivity index (χ1) is 11.2. The van der Waals surface area contributed by atoms with Crippen LogP contribution in [0.4, 0.5) is 0 Å². The fourth-order valence-electron chi connectivity index (χ4n) is 2.30. The zero-order valence-electron chi connectivity index (χ0n) is 13.6. The second-order valence-corrected chi connectivity index (χ2v) is 5.72. The van der Waals surface area contributed by atoms with Crippen molar-refractivity contribution in [2.24, 2.45) is 10.9 Å². The molecule has 3 rings (SSSR count). The number of nitrogens with one attached hydrogen (secondary N) is 3. The van der Waals surface area contributed by atoms with Crippen molar-refractivity contribution in [1.29, 1.82) is 0 Å². The molecular weight excluding hydrogens is 292 g/mol. The van der Waals surface area contributed by atoms with E-state index < -0.39 is 0 Å². The molecule has 7 nitrogen and oxygen atoms in total. The van der Waals surface area contributed by atoms with Gasteiger partial charge in [0, 0.05) is 18.7 Å². The lowest BCUT2D eigenvalue weighted by atomic mass is 10.2. The molecule has 0 radical (unpaired) electrons. The van der Waals surface area contributed by atoms with Crippen molar-refractivity contribution in [3.63, 3.8) is 0 Å². The maximum atomic E-state index is 5.15. The number of aromatic amines is 1. The average molecular weight is 314 g/mol. The van der Waals surface area contributed by atoms with E-state index in [0.717, 1.165) is 29.0 Å². The van der Waals surface area contributed by atoms with Gasteiger partial charge in [-0.1, -0.05) is 6.92 Å². The van der Waals surface area contributed by atoms with Crippen LogP contribution in [0.25, 0.3) is 11.4 Å². The van der Waals surface area contributed by atoms with Crippen LogP contribution < -0.4 is 15.4 Å². The van der Waals surface area contributed by atoms with Crippen molar-refractivity contribution in [3.05, 3.63) is 30.1 Å². The number of ether oxygens (including phenoxy) is 1. The Morgan fingerprint density at radius 1 is 1.39 bits per heavy atom. The third-order valence-corrected chi connectivity index (χ3v) is 3.96. The number of nitrogens with zero attached hydrogens (tertiary/aromatic N) is 3. The van der Waals surface area contributed by atoms with Crippen LogP contribution in [0, 0.1) is 5.92 Å². The highest BCUT2D eigenvalue weighted by Crippen LogP contribution is 2.28. The van der Waals surface area contributed by atoms with Gasteiger partial charge in [0.25, 0.3) is 0 Å². The molecule has 0 amide bonds. The fraction of sp³-hybridized carbons (Fsp3) is 0.438. The normalized spacial score (nSPS) is 20.2. The third kappa shape index (κ3) is 3.80. The van der Waals surface area contributed by atoms with E-state index in [2.05, 4.69) is 37.7 Å². The minimum absolute atomic E-state index is 0.533. The zero-order valence-corrected chi connectivity index (χ0v) is 13.6.